The highest BCUT2D eigenvalue weighted by Crippen LogP contribution is 2.03. The fourth-order valence-corrected chi connectivity index (χ4v) is 1.13. The van der Waals surface area contributed by atoms with E-state index in [1.807, 2.05) is 0 Å². The van der Waals surface area contributed by atoms with Crippen LogP contribution in [0.5, 0.6) is 0 Å². The third-order valence-electron chi connectivity index (χ3n) is 1.26. The van der Waals surface area contributed by atoms with Crippen LogP contribution in [0.2, 0.25) is 0 Å². The lowest BCUT2D eigenvalue weighted by atomic mass is 10.4. The first-order valence-corrected chi connectivity index (χ1v) is 3.87. The Hall–Kier alpha value is -0.900. The van der Waals surface area contributed by atoms with Crippen LogP contribution in [0.1, 0.15) is 0 Å². The van der Waals surface area contributed by atoms with Gasteiger partial charge in [-0.25, -0.2) is 0 Å². The monoisotopic (exact) mass is 214 g/mol. The number of pyridine rings is 1. The molecule has 4 heteroatoms. The number of nitrogens with one attached hydrogen (secondary N) is 1. The lowest BCUT2D eigenvalue weighted by Gasteiger charge is -2.00. The predicted octanol–water partition coefficient (Wildman–Crippen LogP) is 0.929. The summed E-state index contributed by atoms with van der Waals surface area (Å²) in [4.78, 5) is 10.1. The summed E-state index contributed by atoms with van der Waals surface area (Å²) in [5.41, 5.74) is 0.334. The van der Waals surface area contributed by atoms with Gasteiger partial charge < -0.3 is 9.36 Å². The summed E-state index contributed by atoms with van der Waals surface area (Å²) in [5.74, 6) is 0. The minimum absolute atomic E-state index is 0.234. The first kappa shape index (κ1) is 8.20. The first-order chi connectivity index (χ1) is 5.24. The molecule has 1 aromatic heterocycles. The number of carbonyl (C=O) groups excluding carboxylic acids is 1. The number of hydrogen-bond acceptors (Lipinski definition) is 2. The molecule has 58 valence electrons. The molecule has 11 heavy (non-hydrogen) atoms. The molecule has 0 saturated heterocycles. The highest BCUT2D eigenvalue weighted by atomic mass is 79.9. The van der Waals surface area contributed by atoms with Crippen LogP contribution < -0.4 is 5.49 Å². The molecule has 0 fully saturated rings. The van der Waals surface area contributed by atoms with Crippen LogP contribution in [-0.4, -0.2) is 10.9 Å². The maximum absolute atomic E-state index is 10.1. The molecule has 0 unspecified atom stereocenters. The van der Waals surface area contributed by atoms with Crippen LogP contribution in [0.3, 0.4) is 0 Å². The van der Waals surface area contributed by atoms with E-state index in [0.29, 0.717) is 5.49 Å². The van der Waals surface area contributed by atoms with E-state index in [4.69, 9.17) is 5.41 Å². The lowest BCUT2D eigenvalue weighted by Crippen LogP contribution is -2.18. The summed E-state index contributed by atoms with van der Waals surface area (Å²) in [7, 11) is 0. The molecule has 0 aromatic carbocycles. The molecule has 0 spiro atoms. The van der Waals surface area contributed by atoms with Gasteiger partial charge in [0.05, 0.1) is 6.54 Å². The Balaban J connectivity index is 3.12. The van der Waals surface area contributed by atoms with Crippen LogP contribution in [0.4, 0.5) is 0 Å². The molecule has 0 aliphatic carbocycles. The van der Waals surface area contributed by atoms with Crippen molar-refractivity contribution in [1.82, 2.24) is 4.57 Å². The van der Waals surface area contributed by atoms with Crippen molar-refractivity contribution >= 4 is 22.2 Å². The van der Waals surface area contributed by atoms with Crippen molar-refractivity contribution in [3.63, 3.8) is 0 Å². The number of aldehydes is 1. The molecule has 0 saturated carbocycles. The molecule has 1 aromatic rings. The van der Waals surface area contributed by atoms with Crippen molar-refractivity contribution in [1.29, 1.82) is 5.41 Å². The Morgan fingerprint density at radius 1 is 1.64 bits per heavy atom. The average molecular weight is 215 g/mol. The van der Waals surface area contributed by atoms with E-state index in [9.17, 15) is 4.79 Å². The second-order valence-corrected chi connectivity index (χ2v) is 2.97. The standard InChI is InChI=1S/C7H7BrN2O/c8-6-1-2-7(9)10(5-6)3-4-11/h1-2,4-5,9H,3H2. The SMILES string of the molecule is N=c1ccc(Br)cn1CC=O. The molecule has 0 radical (unpaired) electrons. The van der Waals surface area contributed by atoms with Gasteiger partial charge in [0.2, 0.25) is 0 Å². The molecule has 0 aliphatic heterocycles. The Morgan fingerprint density at radius 2 is 2.36 bits per heavy atom. The summed E-state index contributed by atoms with van der Waals surface area (Å²) < 4.78 is 2.42. The number of carbonyl (C=O) groups is 1. The molecule has 0 aliphatic rings. The molecule has 1 rings (SSSR count). The van der Waals surface area contributed by atoms with E-state index in [2.05, 4.69) is 15.9 Å². The van der Waals surface area contributed by atoms with Crippen LogP contribution in [0, 0.1) is 5.41 Å². The Morgan fingerprint density at radius 3 is 3.00 bits per heavy atom. The molecule has 0 atom stereocenters. The van der Waals surface area contributed by atoms with Gasteiger partial charge in [-0.15, -0.1) is 0 Å². The first-order valence-electron chi connectivity index (χ1n) is 3.08. The Bertz CT molecular complexity index is 318. The smallest absolute Gasteiger partial charge is 0.139 e. The molecule has 1 heterocycles. The van der Waals surface area contributed by atoms with Crippen molar-refractivity contribution in [2.75, 3.05) is 0 Å². The third-order valence-corrected chi connectivity index (χ3v) is 1.73. The van der Waals surface area contributed by atoms with Crippen molar-refractivity contribution in [2.45, 2.75) is 6.54 Å². The van der Waals surface area contributed by atoms with Gasteiger partial charge in [0, 0.05) is 10.7 Å². The lowest BCUT2D eigenvalue weighted by molar-refractivity contribution is -0.108. The topological polar surface area (TPSA) is 45.9 Å². The number of nitrogens with zero attached hydrogens (tertiary/aromatic N) is 1. The van der Waals surface area contributed by atoms with Crippen molar-refractivity contribution < 1.29 is 4.79 Å². The van der Waals surface area contributed by atoms with Crippen LogP contribution >= 0.6 is 15.9 Å². The molecular weight excluding hydrogens is 208 g/mol. The van der Waals surface area contributed by atoms with Gasteiger partial charge in [-0.1, -0.05) is 0 Å². The van der Waals surface area contributed by atoms with E-state index >= 15 is 0 Å². The normalized spacial score (nSPS) is 9.55. The third kappa shape index (κ3) is 2.01. The number of hydrogen-bond donors (Lipinski definition) is 1. The fourth-order valence-electron chi connectivity index (χ4n) is 0.747. The quantitative estimate of drug-likeness (QED) is 0.732. The zero-order chi connectivity index (χ0) is 8.27. The maximum atomic E-state index is 10.1. The Kier molecular flexibility index (Phi) is 2.59. The van der Waals surface area contributed by atoms with Gasteiger partial charge in [-0.2, -0.15) is 0 Å². The van der Waals surface area contributed by atoms with E-state index in [-0.39, 0.29) is 6.54 Å². The van der Waals surface area contributed by atoms with E-state index in [1.165, 1.54) is 0 Å². The highest BCUT2D eigenvalue weighted by Gasteiger charge is 1.91. The van der Waals surface area contributed by atoms with Gasteiger partial charge >= 0.3 is 0 Å². The van der Waals surface area contributed by atoms with Gasteiger partial charge in [0.15, 0.2) is 0 Å². The largest absolute Gasteiger partial charge is 0.325 e. The molecule has 0 amide bonds. The van der Waals surface area contributed by atoms with E-state index in [1.54, 1.807) is 22.9 Å². The molecular formula is C7H7BrN2O. The van der Waals surface area contributed by atoms with E-state index < -0.39 is 0 Å². The zero-order valence-corrected chi connectivity index (χ0v) is 7.34. The van der Waals surface area contributed by atoms with Crippen LogP contribution in [0.15, 0.2) is 22.8 Å². The molecule has 3 nitrogen and oxygen atoms in total. The van der Waals surface area contributed by atoms with Gasteiger partial charge in [-0.05, 0) is 28.1 Å². The molecule has 0 bridgehead atoms. The van der Waals surface area contributed by atoms with Crippen molar-refractivity contribution in [3.05, 3.63) is 28.3 Å². The second-order valence-electron chi connectivity index (χ2n) is 2.05. The number of aromatic nitrogens is 1. The minimum atomic E-state index is 0.234. The van der Waals surface area contributed by atoms with E-state index in [0.717, 1.165) is 10.8 Å². The van der Waals surface area contributed by atoms with Crippen molar-refractivity contribution in [2.24, 2.45) is 0 Å². The second kappa shape index (κ2) is 3.48. The van der Waals surface area contributed by atoms with Crippen molar-refractivity contribution in [3.8, 4) is 0 Å². The maximum Gasteiger partial charge on any atom is 0.139 e. The summed E-state index contributed by atoms with van der Waals surface area (Å²) in [6.07, 6.45) is 2.47. The highest BCUT2D eigenvalue weighted by molar-refractivity contribution is 9.10. The minimum Gasteiger partial charge on any atom is -0.325 e. The summed E-state index contributed by atoms with van der Waals surface area (Å²) in [5, 5.41) is 7.35. The summed E-state index contributed by atoms with van der Waals surface area (Å²) in [6, 6.07) is 3.40. The fraction of sp³-hybridized carbons (Fsp3) is 0.143. The average Bonchev–Trinajstić information content (AvgIpc) is 1.98. The van der Waals surface area contributed by atoms with Gasteiger partial charge in [0.25, 0.3) is 0 Å². The Labute approximate surface area is 72.3 Å². The summed E-state index contributed by atoms with van der Waals surface area (Å²) >= 11 is 3.25. The van der Waals surface area contributed by atoms with Crippen LogP contribution in [0.25, 0.3) is 0 Å². The zero-order valence-electron chi connectivity index (χ0n) is 5.75. The predicted molar refractivity (Wildman–Crippen MR) is 44.1 cm³/mol. The van der Waals surface area contributed by atoms with Gasteiger partial charge in [-0.3, -0.25) is 5.41 Å². The van der Waals surface area contributed by atoms with Gasteiger partial charge in [0.1, 0.15) is 11.8 Å². The molecule has 1 N–H and O–H groups in total. The van der Waals surface area contributed by atoms with Crippen LogP contribution in [-0.2, 0) is 11.3 Å². The summed E-state index contributed by atoms with van der Waals surface area (Å²) in [6.45, 7) is 0.234. The number of rotatable bonds is 2. The number of halogens is 1.